The van der Waals surface area contributed by atoms with E-state index in [1.807, 2.05) is 6.07 Å². The van der Waals surface area contributed by atoms with Crippen LogP contribution in [0, 0.1) is 6.92 Å². The van der Waals surface area contributed by atoms with Gasteiger partial charge in [0.2, 0.25) is 0 Å². The normalized spacial score (nSPS) is 11.1. The minimum absolute atomic E-state index is 1.02. The van der Waals surface area contributed by atoms with Crippen molar-refractivity contribution >= 4 is 34.2 Å². The molecule has 0 spiro atoms. The molecule has 0 N–H and O–H groups in total. The first-order valence-electron chi connectivity index (χ1n) is 5.37. The van der Waals surface area contributed by atoms with Crippen molar-refractivity contribution in [1.82, 2.24) is 0 Å². The molecule has 3 rings (SSSR count). The molecule has 3 aromatic carbocycles. The summed E-state index contributed by atoms with van der Waals surface area (Å²) in [7, 11) is 0. The van der Waals surface area contributed by atoms with Gasteiger partial charge in [0.05, 0.1) is 0 Å². The van der Waals surface area contributed by atoms with Crippen molar-refractivity contribution in [2.45, 2.75) is 11.8 Å². The maximum atomic E-state index is 4.40. The zero-order chi connectivity index (χ0) is 11.1. The maximum absolute atomic E-state index is 4.40. The molecule has 0 amide bonds. The standard InChI is InChI=1S/C15H12S/c1-10-14-5-3-2-4-11(14)8-12-6-7-13(16)9-15(10)12/h2-9,16H,1H3. The monoisotopic (exact) mass is 224 g/mol. The first-order chi connectivity index (χ1) is 7.75. The van der Waals surface area contributed by atoms with Crippen molar-refractivity contribution in [2.75, 3.05) is 0 Å². The number of benzene rings is 3. The number of aryl methyl sites for hydroxylation is 1. The van der Waals surface area contributed by atoms with Crippen LogP contribution in [0.1, 0.15) is 5.56 Å². The van der Waals surface area contributed by atoms with E-state index in [1.54, 1.807) is 0 Å². The third-order valence-corrected chi connectivity index (χ3v) is 3.39. The van der Waals surface area contributed by atoms with Crippen molar-refractivity contribution in [1.29, 1.82) is 0 Å². The third kappa shape index (κ3) is 1.40. The maximum Gasteiger partial charge on any atom is 0.00464 e. The molecule has 0 nitrogen and oxygen atoms in total. The summed E-state index contributed by atoms with van der Waals surface area (Å²) in [5.41, 5.74) is 1.34. The van der Waals surface area contributed by atoms with E-state index in [0.29, 0.717) is 0 Å². The lowest BCUT2D eigenvalue weighted by Gasteiger charge is -2.07. The highest BCUT2D eigenvalue weighted by molar-refractivity contribution is 7.80. The summed E-state index contributed by atoms with van der Waals surface area (Å²) in [4.78, 5) is 1.02. The topological polar surface area (TPSA) is 0 Å². The molecule has 0 fully saturated rings. The smallest absolute Gasteiger partial charge is 0.00464 e. The van der Waals surface area contributed by atoms with Crippen LogP contribution in [0.15, 0.2) is 53.4 Å². The van der Waals surface area contributed by atoms with Gasteiger partial charge in [0.15, 0.2) is 0 Å². The van der Waals surface area contributed by atoms with Gasteiger partial charge < -0.3 is 0 Å². The molecule has 1 heteroatoms. The van der Waals surface area contributed by atoms with Crippen LogP contribution in [0.25, 0.3) is 21.5 Å². The lowest BCUT2D eigenvalue weighted by molar-refractivity contribution is 1.49. The van der Waals surface area contributed by atoms with Crippen LogP contribution < -0.4 is 0 Å². The van der Waals surface area contributed by atoms with Crippen LogP contribution in [0.4, 0.5) is 0 Å². The summed E-state index contributed by atoms with van der Waals surface area (Å²) in [6.45, 7) is 2.18. The zero-order valence-corrected chi connectivity index (χ0v) is 9.96. The van der Waals surface area contributed by atoms with Gasteiger partial charge in [0.25, 0.3) is 0 Å². The Bertz CT molecular complexity index is 683. The average molecular weight is 224 g/mol. The molecule has 0 unspecified atom stereocenters. The Balaban J connectivity index is 2.56. The Morgan fingerprint density at radius 3 is 2.44 bits per heavy atom. The Morgan fingerprint density at radius 1 is 0.812 bits per heavy atom. The highest BCUT2D eigenvalue weighted by Crippen LogP contribution is 2.29. The Labute approximate surface area is 100 Å². The van der Waals surface area contributed by atoms with Crippen LogP contribution in [-0.2, 0) is 0 Å². The molecular weight excluding hydrogens is 212 g/mol. The second-order valence-electron chi connectivity index (χ2n) is 4.13. The van der Waals surface area contributed by atoms with Gasteiger partial charge in [-0.2, -0.15) is 0 Å². The van der Waals surface area contributed by atoms with Crippen LogP contribution >= 0.6 is 12.6 Å². The first-order valence-corrected chi connectivity index (χ1v) is 5.81. The average Bonchev–Trinajstić information content (AvgIpc) is 2.31. The van der Waals surface area contributed by atoms with E-state index < -0.39 is 0 Å². The lowest BCUT2D eigenvalue weighted by Crippen LogP contribution is -1.82. The van der Waals surface area contributed by atoms with Gasteiger partial charge in [-0.3, -0.25) is 0 Å². The second kappa shape index (κ2) is 3.53. The predicted molar refractivity (Wildman–Crippen MR) is 73.4 cm³/mol. The molecule has 0 aliphatic carbocycles. The minimum atomic E-state index is 1.02. The van der Waals surface area contributed by atoms with Gasteiger partial charge in [-0.1, -0.05) is 30.3 Å². The van der Waals surface area contributed by atoms with Gasteiger partial charge in [-0.25, -0.2) is 0 Å². The van der Waals surface area contributed by atoms with Gasteiger partial charge in [-0.15, -0.1) is 12.6 Å². The third-order valence-electron chi connectivity index (χ3n) is 3.12. The van der Waals surface area contributed by atoms with Crippen LogP contribution in [0.3, 0.4) is 0 Å². The molecule has 0 aliphatic heterocycles. The van der Waals surface area contributed by atoms with E-state index in [1.165, 1.54) is 27.1 Å². The Hall–Kier alpha value is -1.47. The fourth-order valence-electron chi connectivity index (χ4n) is 2.27. The SMILES string of the molecule is Cc1c2ccccc2cc2ccc(S)cc12. The van der Waals surface area contributed by atoms with Crippen molar-refractivity contribution in [3.8, 4) is 0 Å². The number of thiol groups is 1. The zero-order valence-electron chi connectivity index (χ0n) is 9.07. The van der Waals surface area contributed by atoms with Crippen LogP contribution in [0.2, 0.25) is 0 Å². The molecule has 0 radical (unpaired) electrons. The molecule has 3 aromatic rings. The molecule has 16 heavy (non-hydrogen) atoms. The van der Waals surface area contributed by atoms with Crippen molar-refractivity contribution in [2.24, 2.45) is 0 Å². The van der Waals surface area contributed by atoms with Crippen molar-refractivity contribution in [3.05, 3.63) is 54.1 Å². The molecule has 78 valence electrons. The fraction of sp³-hybridized carbons (Fsp3) is 0.0667. The summed E-state index contributed by atoms with van der Waals surface area (Å²) in [5, 5.41) is 5.22. The van der Waals surface area contributed by atoms with E-state index in [0.717, 1.165) is 4.90 Å². The molecule has 0 saturated carbocycles. The van der Waals surface area contributed by atoms with E-state index >= 15 is 0 Å². The van der Waals surface area contributed by atoms with Crippen molar-refractivity contribution in [3.63, 3.8) is 0 Å². The summed E-state index contributed by atoms with van der Waals surface area (Å²) >= 11 is 4.40. The Kier molecular flexibility index (Phi) is 2.15. The van der Waals surface area contributed by atoms with E-state index in [-0.39, 0.29) is 0 Å². The van der Waals surface area contributed by atoms with E-state index in [9.17, 15) is 0 Å². The van der Waals surface area contributed by atoms with Gasteiger partial charge in [-0.05, 0) is 52.2 Å². The first kappa shape index (κ1) is 9.73. The Morgan fingerprint density at radius 2 is 1.56 bits per heavy atom. The van der Waals surface area contributed by atoms with Crippen LogP contribution in [-0.4, -0.2) is 0 Å². The molecule has 0 aliphatic rings. The second-order valence-corrected chi connectivity index (χ2v) is 4.64. The number of hydrogen-bond acceptors (Lipinski definition) is 1. The molecule has 0 saturated heterocycles. The fourth-order valence-corrected chi connectivity index (χ4v) is 2.48. The number of fused-ring (bicyclic) bond motifs is 2. The van der Waals surface area contributed by atoms with Crippen LogP contribution in [0.5, 0.6) is 0 Å². The van der Waals surface area contributed by atoms with Gasteiger partial charge >= 0.3 is 0 Å². The molecule has 0 aromatic heterocycles. The minimum Gasteiger partial charge on any atom is -0.143 e. The molecule has 0 atom stereocenters. The highest BCUT2D eigenvalue weighted by atomic mass is 32.1. The largest absolute Gasteiger partial charge is 0.143 e. The van der Waals surface area contributed by atoms with E-state index in [4.69, 9.17) is 0 Å². The quantitative estimate of drug-likeness (QED) is 0.419. The van der Waals surface area contributed by atoms with Gasteiger partial charge in [0.1, 0.15) is 0 Å². The lowest BCUT2D eigenvalue weighted by atomic mass is 9.98. The number of rotatable bonds is 0. The molecular formula is C15H12S. The van der Waals surface area contributed by atoms with Crippen molar-refractivity contribution < 1.29 is 0 Å². The van der Waals surface area contributed by atoms with Gasteiger partial charge in [0, 0.05) is 4.90 Å². The summed E-state index contributed by atoms with van der Waals surface area (Å²) in [5.74, 6) is 0. The summed E-state index contributed by atoms with van der Waals surface area (Å²) in [6, 6.07) is 17.1. The molecule has 0 bridgehead atoms. The van der Waals surface area contributed by atoms with E-state index in [2.05, 4.69) is 62.0 Å². The predicted octanol–water partition coefficient (Wildman–Crippen LogP) is 4.59. The number of hydrogen-bond donors (Lipinski definition) is 1. The summed E-state index contributed by atoms with van der Waals surface area (Å²) in [6.07, 6.45) is 0. The highest BCUT2D eigenvalue weighted by Gasteiger charge is 2.03. The summed E-state index contributed by atoms with van der Waals surface area (Å²) < 4.78 is 0. The molecule has 0 heterocycles.